The number of hydrogen-bond acceptors (Lipinski definition) is 2. The summed E-state index contributed by atoms with van der Waals surface area (Å²) in [7, 11) is -4.18. The number of rotatable bonds is 5. The van der Waals surface area contributed by atoms with Crippen molar-refractivity contribution in [3.63, 3.8) is 0 Å². The summed E-state index contributed by atoms with van der Waals surface area (Å²) in [6, 6.07) is 0. The van der Waals surface area contributed by atoms with Gasteiger partial charge in [0.1, 0.15) is 1.41 Å². The maximum absolute atomic E-state index is 12.7. The van der Waals surface area contributed by atoms with Gasteiger partial charge in [-0.3, -0.25) is 4.57 Å². The molecule has 0 aromatic carbocycles. The van der Waals surface area contributed by atoms with Crippen molar-refractivity contribution in [2.24, 2.45) is 0 Å². The normalized spacial score (nSPS) is 39.5. The van der Waals surface area contributed by atoms with Crippen LogP contribution in [0, 0.1) is 0 Å². The molecule has 0 aromatic rings. The summed E-state index contributed by atoms with van der Waals surface area (Å²) < 4.78 is 56.9. The average Bonchev–Trinajstić information content (AvgIpc) is 2.32. The Kier molecular flexibility index (Phi) is 3.20. The van der Waals surface area contributed by atoms with Gasteiger partial charge in [-0.15, -0.1) is 23.2 Å². The van der Waals surface area contributed by atoms with Crippen molar-refractivity contribution < 1.29 is 16.0 Å². The first-order valence-electron chi connectivity index (χ1n) is 6.51. The highest BCUT2D eigenvalue weighted by atomic mass is 35.5. The van der Waals surface area contributed by atoms with Gasteiger partial charge in [0.25, 0.3) is 0 Å². The molecule has 0 amide bonds. The summed E-state index contributed by atoms with van der Waals surface area (Å²) in [6.07, 6.45) is -0.126. The fourth-order valence-corrected chi connectivity index (χ4v) is 2.98. The summed E-state index contributed by atoms with van der Waals surface area (Å²) in [5, 5.41) is 0.195. The van der Waals surface area contributed by atoms with Gasteiger partial charge >= 0.3 is 7.67 Å². The highest BCUT2D eigenvalue weighted by molar-refractivity contribution is 7.54. The number of halogens is 2. The summed E-state index contributed by atoms with van der Waals surface area (Å²) >= 11 is 11.1. The van der Waals surface area contributed by atoms with Crippen molar-refractivity contribution >= 4 is 30.9 Å². The van der Waals surface area contributed by atoms with Gasteiger partial charge in [0.05, 0.1) is 6.61 Å². The summed E-state index contributed by atoms with van der Waals surface area (Å²) in [5.41, 5.74) is 0. The number of nitrogens with zero attached hydrogens (tertiary/aromatic N) is 1. The predicted molar refractivity (Wildman–Crippen MR) is 59.2 cm³/mol. The lowest BCUT2D eigenvalue weighted by Crippen LogP contribution is -2.35. The van der Waals surface area contributed by atoms with E-state index in [-0.39, 0.29) is 30.5 Å². The molecule has 1 heterocycles. The van der Waals surface area contributed by atoms with E-state index < -0.39 is 26.5 Å². The van der Waals surface area contributed by atoms with Gasteiger partial charge in [-0.1, -0.05) is 0 Å². The van der Waals surface area contributed by atoms with Crippen LogP contribution in [0.1, 0.15) is 11.9 Å². The van der Waals surface area contributed by atoms with Gasteiger partial charge in [0, 0.05) is 36.8 Å². The van der Waals surface area contributed by atoms with Crippen molar-refractivity contribution in [3.8, 4) is 0 Å². The SMILES string of the molecule is [2H]N1C([2H])([2H])CCOP1(=O)N(CCCl)C([2H])([2H])CCl. The molecule has 1 fully saturated rings. The Labute approximate surface area is 102 Å². The first-order valence-corrected chi connectivity index (χ1v) is 6.66. The second kappa shape index (κ2) is 6.31. The number of nitrogens with one attached hydrogen (secondary N) is 1. The van der Waals surface area contributed by atoms with Crippen LogP contribution < -0.4 is 5.08 Å². The molecular formula is C7H15Cl2N2O2P. The third kappa shape index (κ3) is 3.37. The molecule has 1 aliphatic heterocycles. The van der Waals surface area contributed by atoms with Crippen LogP contribution in [0.15, 0.2) is 0 Å². The molecule has 0 saturated carbocycles. The van der Waals surface area contributed by atoms with E-state index in [9.17, 15) is 4.57 Å². The molecule has 0 radical (unpaired) electrons. The van der Waals surface area contributed by atoms with Crippen LogP contribution in [0.2, 0.25) is 1.41 Å². The average molecular weight is 266 g/mol. The monoisotopic (exact) mass is 265 g/mol. The Morgan fingerprint density at radius 1 is 1.71 bits per heavy atom. The molecule has 1 unspecified atom stereocenters. The quantitative estimate of drug-likeness (QED) is 0.609. The van der Waals surface area contributed by atoms with E-state index in [1.807, 2.05) is 0 Å². The third-order valence-electron chi connectivity index (χ3n) is 1.51. The summed E-state index contributed by atoms with van der Waals surface area (Å²) in [6.45, 7) is -4.74. The third-order valence-corrected chi connectivity index (χ3v) is 3.67. The van der Waals surface area contributed by atoms with Crippen molar-refractivity contribution in [3.05, 3.63) is 0 Å². The summed E-state index contributed by atoms with van der Waals surface area (Å²) in [5.74, 6) is -0.561. The minimum Gasteiger partial charge on any atom is -0.306 e. The minimum absolute atomic E-state index is 0.0550. The molecule has 1 atom stereocenters. The highest BCUT2D eigenvalue weighted by Gasteiger charge is 2.32. The lowest BCUT2D eigenvalue weighted by atomic mass is 10.5. The Balaban J connectivity index is 3.16. The lowest BCUT2D eigenvalue weighted by Gasteiger charge is -2.33. The van der Waals surface area contributed by atoms with Crippen molar-refractivity contribution in [2.75, 3.05) is 37.9 Å². The van der Waals surface area contributed by atoms with Crippen LogP contribution in [-0.4, -0.2) is 42.6 Å². The second-order valence-corrected chi connectivity index (χ2v) is 5.00. The van der Waals surface area contributed by atoms with Gasteiger partial charge in [0.15, 0.2) is 0 Å². The second-order valence-electron chi connectivity index (χ2n) is 2.44. The predicted octanol–water partition coefficient (Wildman–Crippen LogP) is 1.88. The molecule has 0 spiro atoms. The lowest BCUT2D eigenvalue weighted by molar-refractivity contribution is 0.233. The van der Waals surface area contributed by atoms with Gasteiger partial charge in [-0.25, -0.2) is 9.75 Å². The molecule has 1 N–H and O–H groups in total. The Hall–Kier alpha value is 0.690. The maximum Gasteiger partial charge on any atom is 0.343 e. The summed E-state index contributed by atoms with van der Waals surface area (Å²) in [4.78, 5) is 0. The molecule has 1 aliphatic rings. The standard InChI is InChI=1S/C7H15Cl2N2O2P/c8-2-5-11(6-3-9)14(12)10-4-1-7-13-14/h1-7H2,(H,10,12)/i4D2,5D2/hD. The Bertz CT molecular complexity index is 375. The van der Waals surface area contributed by atoms with E-state index >= 15 is 0 Å². The van der Waals surface area contributed by atoms with Crippen LogP contribution in [0.5, 0.6) is 0 Å². The molecule has 14 heavy (non-hydrogen) atoms. The van der Waals surface area contributed by atoms with E-state index in [1.54, 1.807) is 0 Å². The molecule has 7 heteroatoms. The van der Waals surface area contributed by atoms with Crippen molar-refractivity contribution in [2.45, 2.75) is 6.42 Å². The van der Waals surface area contributed by atoms with Crippen LogP contribution >= 0.6 is 30.9 Å². The van der Waals surface area contributed by atoms with Gasteiger partial charge in [-0.05, 0) is 6.42 Å². The largest absolute Gasteiger partial charge is 0.343 e. The van der Waals surface area contributed by atoms with Gasteiger partial charge in [-0.2, -0.15) is 0 Å². The van der Waals surface area contributed by atoms with E-state index in [0.717, 1.165) is 4.67 Å². The molecule has 0 aromatic heterocycles. The fourth-order valence-electron chi connectivity index (χ4n) is 0.946. The van der Waals surface area contributed by atoms with E-state index in [2.05, 4.69) is 0 Å². The fraction of sp³-hybridized carbons (Fsp3) is 1.00. The number of alkyl halides is 2. The molecule has 4 nitrogen and oxygen atoms in total. The van der Waals surface area contributed by atoms with Gasteiger partial charge in [0.2, 0.25) is 0 Å². The first-order chi connectivity index (χ1) is 8.62. The van der Waals surface area contributed by atoms with Crippen molar-refractivity contribution in [1.82, 2.24) is 9.75 Å². The number of hydrogen-bond donors (Lipinski definition) is 1. The van der Waals surface area contributed by atoms with Crippen LogP contribution in [0.4, 0.5) is 0 Å². The van der Waals surface area contributed by atoms with Crippen LogP contribution in [-0.2, 0) is 9.09 Å². The Morgan fingerprint density at radius 2 is 2.50 bits per heavy atom. The van der Waals surface area contributed by atoms with Gasteiger partial charge < -0.3 is 4.52 Å². The topological polar surface area (TPSA) is 41.6 Å². The molecule has 84 valence electrons. The van der Waals surface area contributed by atoms with Crippen LogP contribution in [0.3, 0.4) is 0 Å². The molecule has 1 saturated heterocycles. The van der Waals surface area contributed by atoms with Crippen molar-refractivity contribution in [1.29, 1.82) is 0 Å². The maximum atomic E-state index is 12.7. The van der Waals surface area contributed by atoms with E-state index in [1.165, 1.54) is 0 Å². The Morgan fingerprint density at radius 3 is 3.14 bits per heavy atom. The minimum atomic E-state index is -4.18. The van der Waals surface area contributed by atoms with E-state index in [0.29, 0.717) is 0 Å². The smallest absolute Gasteiger partial charge is 0.306 e. The molecule has 0 bridgehead atoms. The first kappa shape index (κ1) is 7.10. The van der Waals surface area contributed by atoms with Crippen LogP contribution in [0.25, 0.3) is 0 Å². The zero-order chi connectivity index (χ0) is 14.9. The molecular weight excluding hydrogens is 246 g/mol. The van der Waals surface area contributed by atoms with E-state index in [4.69, 9.17) is 34.6 Å². The molecule has 1 rings (SSSR count). The molecule has 0 aliphatic carbocycles. The highest BCUT2D eigenvalue weighted by Crippen LogP contribution is 2.47. The zero-order valence-corrected chi connectivity index (χ0v) is 9.86. The zero-order valence-electron chi connectivity index (χ0n) is 12.4.